The Morgan fingerprint density at radius 3 is 2.33 bits per heavy atom. The average Bonchev–Trinajstić information content (AvgIpc) is 2.67. The van der Waals surface area contributed by atoms with Crippen LogP contribution in [0.3, 0.4) is 0 Å². The standard InChI is InChI=1S/C21H33N3O3/c1-5-17-6-8-18(9-7-17)15(2)22-21(27)16(3)24-12-10-19(11-13-24)23(4)14-20(25)26/h6-9,15-16,19H,5,10-14H2,1-4H3,(H,22,27)(H,25,26). The smallest absolute Gasteiger partial charge is 0.317 e. The summed E-state index contributed by atoms with van der Waals surface area (Å²) in [6.07, 6.45) is 2.78. The largest absolute Gasteiger partial charge is 0.480 e. The molecule has 0 spiro atoms. The Morgan fingerprint density at radius 2 is 1.81 bits per heavy atom. The molecule has 0 bridgehead atoms. The van der Waals surface area contributed by atoms with Crippen molar-refractivity contribution in [2.24, 2.45) is 0 Å². The topological polar surface area (TPSA) is 72.9 Å². The van der Waals surface area contributed by atoms with Crippen LogP contribution in [0.25, 0.3) is 0 Å². The molecule has 27 heavy (non-hydrogen) atoms. The molecule has 2 rings (SSSR count). The van der Waals surface area contributed by atoms with Crippen LogP contribution in [0.1, 0.15) is 50.8 Å². The van der Waals surface area contributed by atoms with Gasteiger partial charge in [-0.25, -0.2) is 0 Å². The van der Waals surface area contributed by atoms with Crippen molar-refractivity contribution >= 4 is 11.9 Å². The third kappa shape index (κ3) is 6.04. The second-order valence-corrected chi connectivity index (χ2v) is 7.58. The molecule has 150 valence electrons. The fraction of sp³-hybridized carbons (Fsp3) is 0.619. The highest BCUT2D eigenvalue weighted by Gasteiger charge is 2.29. The van der Waals surface area contributed by atoms with Gasteiger partial charge in [0.25, 0.3) is 0 Å². The number of piperidine rings is 1. The number of carboxylic acid groups (broad SMARTS) is 1. The maximum atomic E-state index is 12.7. The first kappa shape index (κ1) is 21.4. The summed E-state index contributed by atoms with van der Waals surface area (Å²) in [5.41, 5.74) is 2.41. The van der Waals surface area contributed by atoms with E-state index in [1.807, 2.05) is 25.8 Å². The molecule has 0 radical (unpaired) electrons. The number of benzene rings is 1. The number of hydrogen-bond donors (Lipinski definition) is 2. The summed E-state index contributed by atoms with van der Waals surface area (Å²) in [5.74, 6) is -0.756. The molecule has 0 aromatic heterocycles. The van der Waals surface area contributed by atoms with Gasteiger partial charge in [0, 0.05) is 19.1 Å². The molecule has 0 aliphatic carbocycles. The van der Waals surface area contributed by atoms with E-state index in [1.165, 1.54) is 5.56 Å². The minimum atomic E-state index is -0.798. The number of nitrogens with zero attached hydrogens (tertiary/aromatic N) is 2. The summed E-state index contributed by atoms with van der Waals surface area (Å²) in [4.78, 5) is 27.6. The monoisotopic (exact) mass is 375 g/mol. The third-order valence-corrected chi connectivity index (χ3v) is 5.68. The van der Waals surface area contributed by atoms with Gasteiger partial charge < -0.3 is 10.4 Å². The predicted molar refractivity (Wildman–Crippen MR) is 107 cm³/mol. The van der Waals surface area contributed by atoms with Crippen LogP contribution in [0.5, 0.6) is 0 Å². The lowest BCUT2D eigenvalue weighted by molar-refractivity contribution is -0.138. The summed E-state index contributed by atoms with van der Waals surface area (Å²) in [5, 5.41) is 12.1. The number of aliphatic carboxylic acids is 1. The zero-order chi connectivity index (χ0) is 20.0. The van der Waals surface area contributed by atoms with Crippen LogP contribution in [-0.4, -0.2) is 65.5 Å². The van der Waals surface area contributed by atoms with Gasteiger partial charge in [-0.05, 0) is 51.3 Å². The van der Waals surface area contributed by atoms with Gasteiger partial charge in [0.15, 0.2) is 0 Å². The van der Waals surface area contributed by atoms with E-state index >= 15 is 0 Å². The van der Waals surface area contributed by atoms with Gasteiger partial charge >= 0.3 is 5.97 Å². The first-order chi connectivity index (χ1) is 12.8. The normalized spacial score (nSPS) is 18.3. The van der Waals surface area contributed by atoms with Crippen LogP contribution in [0.4, 0.5) is 0 Å². The van der Waals surface area contributed by atoms with Crippen molar-refractivity contribution in [2.45, 2.75) is 58.2 Å². The number of likely N-dealkylation sites (tertiary alicyclic amines) is 1. The molecule has 1 saturated heterocycles. The highest BCUT2D eigenvalue weighted by molar-refractivity contribution is 5.81. The Bertz CT molecular complexity index is 624. The predicted octanol–water partition coefficient (Wildman–Crippen LogP) is 2.30. The number of rotatable bonds is 8. The number of aryl methyl sites for hydroxylation is 1. The maximum absolute atomic E-state index is 12.7. The van der Waals surface area contributed by atoms with Crippen molar-refractivity contribution < 1.29 is 14.7 Å². The zero-order valence-corrected chi connectivity index (χ0v) is 16.9. The number of hydrogen-bond acceptors (Lipinski definition) is 4. The SMILES string of the molecule is CCc1ccc(C(C)NC(=O)C(C)N2CCC(N(C)CC(=O)O)CC2)cc1. The number of carbonyl (C=O) groups is 2. The lowest BCUT2D eigenvalue weighted by Crippen LogP contribution is -2.51. The van der Waals surface area contributed by atoms with Crippen molar-refractivity contribution in [3.8, 4) is 0 Å². The summed E-state index contributed by atoms with van der Waals surface area (Å²) in [7, 11) is 1.86. The molecular weight excluding hydrogens is 342 g/mol. The Labute approximate surface area is 162 Å². The Balaban J connectivity index is 1.83. The maximum Gasteiger partial charge on any atom is 0.317 e. The summed E-state index contributed by atoms with van der Waals surface area (Å²) in [6, 6.07) is 8.44. The molecule has 1 aromatic rings. The molecule has 1 aliphatic rings. The van der Waals surface area contributed by atoms with Crippen molar-refractivity contribution in [3.63, 3.8) is 0 Å². The lowest BCUT2D eigenvalue weighted by atomic mass is 10.0. The third-order valence-electron chi connectivity index (χ3n) is 5.68. The molecule has 2 N–H and O–H groups in total. The number of amides is 1. The molecular formula is C21H33N3O3. The van der Waals surface area contributed by atoms with Gasteiger partial charge in [-0.3, -0.25) is 19.4 Å². The number of likely N-dealkylation sites (N-methyl/N-ethyl adjacent to an activating group) is 1. The highest BCUT2D eigenvalue weighted by Crippen LogP contribution is 2.19. The van der Waals surface area contributed by atoms with E-state index in [-0.39, 0.29) is 30.6 Å². The summed E-state index contributed by atoms with van der Waals surface area (Å²) in [6.45, 7) is 7.77. The van der Waals surface area contributed by atoms with Crippen LogP contribution >= 0.6 is 0 Å². The highest BCUT2D eigenvalue weighted by atomic mass is 16.4. The molecule has 1 amide bonds. The summed E-state index contributed by atoms with van der Waals surface area (Å²) >= 11 is 0. The molecule has 2 atom stereocenters. The van der Waals surface area contributed by atoms with Crippen LogP contribution < -0.4 is 5.32 Å². The minimum absolute atomic E-state index is 0.0231. The molecule has 6 heteroatoms. The lowest BCUT2D eigenvalue weighted by Gasteiger charge is -2.38. The van der Waals surface area contributed by atoms with E-state index < -0.39 is 5.97 Å². The second-order valence-electron chi connectivity index (χ2n) is 7.58. The zero-order valence-electron chi connectivity index (χ0n) is 16.9. The van der Waals surface area contributed by atoms with Gasteiger partial charge in [-0.2, -0.15) is 0 Å². The Hall–Kier alpha value is -1.92. The van der Waals surface area contributed by atoms with Crippen molar-refractivity contribution in [3.05, 3.63) is 35.4 Å². The van der Waals surface area contributed by atoms with Crippen LogP contribution in [-0.2, 0) is 16.0 Å². The van der Waals surface area contributed by atoms with Crippen LogP contribution in [0, 0.1) is 0 Å². The van der Waals surface area contributed by atoms with Crippen molar-refractivity contribution in [1.82, 2.24) is 15.1 Å². The first-order valence-corrected chi connectivity index (χ1v) is 9.87. The van der Waals surface area contributed by atoms with Gasteiger partial charge in [0.1, 0.15) is 0 Å². The van der Waals surface area contributed by atoms with E-state index in [2.05, 4.69) is 41.4 Å². The number of carboxylic acids is 1. The fourth-order valence-electron chi connectivity index (χ4n) is 3.68. The Morgan fingerprint density at radius 1 is 1.22 bits per heavy atom. The molecule has 1 aromatic carbocycles. The first-order valence-electron chi connectivity index (χ1n) is 9.87. The molecule has 1 fully saturated rings. The minimum Gasteiger partial charge on any atom is -0.480 e. The van der Waals surface area contributed by atoms with E-state index in [0.29, 0.717) is 0 Å². The fourth-order valence-corrected chi connectivity index (χ4v) is 3.68. The van der Waals surface area contributed by atoms with Gasteiger partial charge in [0.05, 0.1) is 18.6 Å². The van der Waals surface area contributed by atoms with Crippen molar-refractivity contribution in [2.75, 3.05) is 26.7 Å². The number of nitrogens with one attached hydrogen (secondary N) is 1. The summed E-state index contributed by atoms with van der Waals surface area (Å²) < 4.78 is 0. The van der Waals surface area contributed by atoms with Crippen molar-refractivity contribution in [1.29, 1.82) is 0 Å². The quantitative estimate of drug-likeness (QED) is 0.729. The molecule has 1 heterocycles. The Kier molecular flexibility index (Phi) is 7.80. The van der Waals surface area contributed by atoms with Gasteiger partial charge in [0.2, 0.25) is 5.91 Å². The number of carbonyl (C=O) groups excluding carboxylic acids is 1. The van der Waals surface area contributed by atoms with E-state index in [4.69, 9.17) is 5.11 Å². The molecule has 6 nitrogen and oxygen atoms in total. The van der Waals surface area contributed by atoms with Gasteiger partial charge in [-0.15, -0.1) is 0 Å². The molecule has 0 saturated carbocycles. The van der Waals surface area contributed by atoms with E-state index in [9.17, 15) is 9.59 Å². The average molecular weight is 376 g/mol. The van der Waals surface area contributed by atoms with Crippen LogP contribution in [0.15, 0.2) is 24.3 Å². The van der Waals surface area contributed by atoms with Gasteiger partial charge in [-0.1, -0.05) is 31.2 Å². The molecule has 1 aliphatic heterocycles. The van der Waals surface area contributed by atoms with Crippen LogP contribution in [0.2, 0.25) is 0 Å². The second kappa shape index (κ2) is 9.85. The van der Waals surface area contributed by atoms with E-state index in [0.717, 1.165) is 37.9 Å². The molecule has 2 unspecified atom stereocenters. The van der Waals surface area contributed by atoms with E-state index in [1.54, 1.807) is 0 Å².